The molecule has 6 heteroatoms. The molecule has 4 nitrogen and oxygen atoms in total. The van der Waals surface area contributed by atoms with Crippen molar-refractivity contribution in [1.29, 1.82) is 0 Å². The van der Waals surface area contributed by atoms with Gasteiger partial charge in [0.15, 0.2) is 0 Å². The topological polar surface area (TPSA) is 58.2 Å². The van der Waals surface area contributed by atoms with E-state index in [1.807, 2.05) is 35.0 Å². The Balaban J connectivity index is 1.34. The Morgan fingerprint density at radius 3 is 1.50 bits per heavy atom. The van der Waals surface area contributed by atoms with Crippen molar-refractivity contribution in [2.75, 3.05) is 13.1 Å². The van der Waals surface area contributed by atoms with Crippen molar-refractivity contribution in [1.82, 2.24) is 10.6 Å². The first-order valence-electron chi connectivity index (χ1n) is 9.32. The normalized spacial score (nSPS) is 10.6. The van der Waals surface area contributed by atoms with E-state index in [1.54, 1.807) is 22.7 Å². The van der Waals surface area contributed by atoms with Crippen molar-refractivity contribution in [2.24, 2.45) is 0 Å². The van der Waals surface area contributed by atoms with E-state index >= 15 is 0 Å². The maximum Gasteiger partial charge on any atom is 0.225 e. The van der Waals surface area contributed by atoms with Crippen molar-refractivity contribution in [2.45, 2.75) is 51.4 Å². The maximum absolute atomic E-state index is 11.7. The lowest BCUT2D eigenvalue weighted by Gasteiger charge is -2.06. The van der Waals surface area contributed by atoms with Gasteiger partial charge in [0, 0.05) is 22.8 Å². The Labute approximate surface area is 164 Å². The van der Waals surface area contributed by atoms with Crippen molar-refractivity contribution in [3.8, 4) is 0 Å². The van der Waals surface area contributed by atoms with Gasteiger partial charge < -0.3 is 10.6 Å². The third-order valence-corrected chi connectivity index (χ3v) is 5.83. The Bertz CT molecular complexity index is 568. The molecule has 0 saturated carbocycles. The molecule has 0 fully saturated rings. The number of rotatable bonds is 13. The van der Waals surface area contributed by atoms with E-state index in [0.717, 1.165) is 48.5 Å². The molecule has 142 valence electrons. The van der Waals surface area contributed by atoms with Gasteiger partial charge in [0.05, 0.1) is 12.8 Å². The van der Waals surface area contributed by atoms with Crippen LogP contribution in [0.5, 0.6) is 0 Å². The van der Waals surface area contributed by atoms with Crippen LogP contribution in [0.4, 0.5) is 0 Å². The zero-order valence-corrected chi connectivity index (χ0v) is 16.8. The summed E-state index contributed by atoms with van der Waals surface area (Å²) < 4.78 is 0. The number of unbranched alkanes of at least 4 members (excludes halogenated alkanes) is 5. The molecular formula is C20H28N2O2S2. The third-order valence-electron chi connectivity index (χ3n) is 4.08. The standard InChI is InChI=1S/C20H28N2O2S2/c23-19(15-17-9-7-13-25-17)21-11-5-3-1-2-4-6-12-22-20(24)16-18-10-8-14-26-18/h7-10,13-14H,1-6,11-12,15-16H2,(H,21,23)(H,22,24). The van der Waals surface area contributed by atoms with Crippen molar-refractivity contribution in [3.63, 3.8) is 0 Å². The third kappa shape index (κ3) is 9.15. The Morgan fingerprint density at radius 2 is 1.12 bits per heavy atom. The number of carbonyl (C=O) groups is 2. The summed E-state index contributed by atoms with van der Waals surface area (Å²) in [4.78, 5) is 25.7. The number of carbonyl (C=O) groups excluding carboxylic acids is 2. The lowest BCUT2D eigenvalue weighted by Crippen LogP contribution is -2.25. The molecule has 0 bridgehead atoms. The average Bonchev–Trinajstić information content (AvgIpc) is 3.30. The molecular weight excluding hydrogens is 364 g/mol. The van der Waals surface area contributed by atoms with Gasteiger partial charge in [0.1, 0.15) is 0 Å². The zero-order chi connectivity index (χ0) is 18.5. The molecule has 0 aromatic carbocycles. The molecule has 0 aliphatic heterocycles. The van der Waals surface area contributed by atoms with E-state index in [9.17, 15) is 9.59 Å². The van der Waals surface area contributed by atoms with Crippen LogP contribution >= 0.6 is 22.7 Å². The van der Waals surface area contributed by atoms with Crippen LogP contribution in [0.3, 0.4) is 0 Å². The van der Waals surface area contributed by atoms with E-state index in [2.05, 4.69) is 10.6 Å². The van der Waals surface area contributed by atoms with Crippen molar-refractivity contribution < 1.29 is 9.59 Å². The van der Waals surface area contributed by atoms with E-state index < -0.39 is 0 Å². The molecule has 2 amide bonds. The fourth-order valence-corrected chi connectivity index (χ4v) is 4.09. The lowest BCUT2D eigenvalue weighted by molar-refractivity contribution is -0.121. The van der Waals surface area contributed by atoms with Crippen LogP contribution < -0.4 is 10.6 Å². The van der Waals surface area contributed by atoms with Crippen LogP contribution in [-0.4, -0.2) is 24.9 Å². The summed E-state index contributed by atoms with van der Waals surface area (Å²) in [5.74, 6) is 0.233. The summed E-state index contributed by atoms with van der Waals surface area (Å²) in [5, 5.41) is 9.96. The monoisotopic (exact) mass is 392 g/mol. The van der Waals surface area contributed by atoms with Crippen LogP contribution in [-0.2, 0) is 22.4 Å². The first kappa shape index (κ1) is 20.6. The highest BCUT2D eigenvalue weighted by Crippen LogP contribution is 2.10. The maximum atomic E-state index is 11.7. The second-order valence-corrected chi connectivity index (χ2v) is 8.40. The van der Waals surface area contributed by atoms with Crippen molar-refractivity contribution in [3.05, 3.63) is 44.8 Å². The number of hydrogen-bond donors (Lipinski definition) is 2. The number of amides is 2. The van der Waals surface area contributed by atoms with Crippen LogP contribution in [0.25, 0.3) is 0 Å². The average molecular weight is 393 g/mol. The SMILES string of the molecule is O=C(Cc1cccs1)NCCCCCCCCNC(=O)Cc1cccs1. The van der Waals surface area contributed by atoms with E-state index in [4.69, 9.17) is 0 Å². The minimum absolute atomic E-state index is 0.116. The van der Waals surface area contributed by atoms with E-state index in [-0.39, 0.29) is 11.8 Å². The second-order valence-electron chi connectivity index (χ2n) is 6.33. The van der Waals surface area contributed by atoms with Crippen LogP contribution in [0.1, 0.15) is 48.3 Å². The second kappa shape index (κ2) is 12.7. The summed E-state index contributed by atoms with van der Waals surface area (Å²) in [6, 6.07) is 7.94. The molecule has 2 aromatic heterocycles. The minimum Gasteiger partial charge on any atom is -0.356 e. The van der Waals surface area contributed by atoms with Crippen LogP contribution in [0.15, 0.2) is 35.0 Å². The number of thiophene rings is 2. The molecule has 26 heavy (non-hydrogen) atoms. The van der Waals surface area contributed by atoms with Gasteiger partial charge in [-0.15, -0.1) is 22.7 Å². The largest absolute Gasteiger partial charge is 0.356 e. The summed E-state index contributed by atoms with van der Waals surface area (Å²) in [6.07, 6.45) is 7.72. The predicted molar refractivity (Wildman–Crippen MR) is 110 cm³/mol. The van der Waals surface area contributed by atoms with Gasteiger partial charge in [-0.05, 0) is 35.7 Å². The molecule has 2 N–H and O–H groups in total. The summed E-state index contributed by atoms with van der Waals surface area (Å²) in [7, 11) is 0. The molecule has 0 atom stereocenters. The fraction of sp³-hybridized carbons (Fsp3) is 0.500. The van der Waals surface area contributed by atoms with Gasteiger partial charge in [-0.2, -0.15) is 0 Å². The van der Waals surface area contributed by atoms with E-state index in [0.29, 0.717) is 12.8 Å². The minimum atomic E-state index is 0.116. The predicted octanol–water partition coefficient (Wildman–Crippen LogP) is 4.17. The fourth-order valence-electron chi connectivity index (χ4n) is 2.68. The lowest BCUT2D eigenvalue weighted by atomic mass is 10.1. The van der Waals surface area contributed by atoms with Gasteiger partial charge in [0.2, 0.25) is 11.8 Å². The molecule has 2 rings (SSSR count). The molecule has 0 aliphatic rings. The molecule has 2 aromatic rings. The molecule has 0 aliphatic carbocycles. The van der Waals surface area contributed by atoms with Gasteiger partial charge in [-0.3, -0.25) is 9.59 Å². The Morgan fingerprint density at radius 1 is 0.692 bits per heavy atom. The van der Waals surface area contributed by atoms with Crippen LogP contribution in [0.2, 0.25) is 0 Å². The summed E-state index contributed by atoms with van der Waals surface area (Å²) in [5.41, 5.74) is 0. The molecule has 0 radical (unpaired) electrons. The van der Waals surface area contributed by atoms with Gasteiger partial charge in [-0.1, -0.05) is 37.8 Å². The van der Waals surface area contributed by atoms with Crippen LogP contribution in [0, 0.1) is 0 Å². The smallest absolute Gasteiger partial charge is 0.225 e. The van der Waals surface area contributed by atoms with Crippen molar-refractivity contribution >= 4 is 34.5 Å². The van der Waals surface area contributed by atoms with Gasteiger partial charge >= 0.3 is 0 Å². The summed E-state index contributed by atoms with van der Waals surface area (Å²) in [6.45, 7) is 1.53. The Kier molecular flexibility index (Phi) is 10.1. The highest BCUT2D eigenvalue weighted by Gasteiger charge is 2.04. The zero-order valence-electron chi connectivity index (χ0n) is 15.2. The van der Waals surface area contributed by atoms with Gasteiger partial charge in [-0.25, -0.2) is 0 Å². The highest BCUT2D eigenvalue weighted by molar-refractivity contribution is 7.10. The van der Waals surface area contributed by atoms with Gasteiger partial charge in [0.25, 0.3) is 0 Å². The highest BCUT2D eigenvalue weighted by atomic mass is 32.1. The quantitative estimate of drug-likeness (QED) is 0.503. The molecule has 0 unspecified atom stereocenters. The molecule has 2 heterocycles. The summed E-state index contributed by atoms with van der Waals surface area (Å²) >= 11 is 3.25. The van der Waals surface area contributed by atoms with E-state index in [1.165, 1.54) is 12.8 Å². The first-order valence-corrected chi connectivity index (χ1v) is 11.1. The first-order chi connectivity index (χ1) is 12.7. The Hall–Kier alpha value is -1.66. The molecule has 0 saturated heterocycles. The molecule has 0 spiro atoms. The number of nitrogens with one attached hydrogen (secondary N) is 2. The number of hydrogen-bond acceptors (Lipinski definition) is 4.